The average Bonchev–Trinajstić information content (AvgIpc) is 2.39. The van der Waals surface area contributed by atoms with Crippen molar-refractivity contribution in [2.24, 2.45) is 5.92 Å². The molecule has 1 rings (SSSR count). The molecule has 1 atom stereocenters. The molecule has 0 radical (unpaired) electrons. The van der Waals surface area contributed by atoms with E-state index in [0.29, 0.717) is 5.06 Å². The SMILES string of the molecule is CCCCCCCCC[NH+]([O-])CC1CCCCC1. The highest BCUT2D eigenvalue weighted by atomic mass is 16.5. The Morgan fingerprint density at radius 3 is 2.17 bits per heavy atom. The van der Waals surface area contributed by atoms with Crippen LogP contribution in [-0.2, 0) is 0 Å². The van der Waals surface area contributed by atoms with Crippen LogP contribution in [0.2, 0.25) is 0 Å². The van der Waals surface area contributed by atoms with E-state index in [1.165, 1.54) is 70.6 Å². The van der Waals surface area contributed by atoms with Crippen LogP contribution in [0.15, 0.2) is 0 Å². The summed E-state index contributed by atoms with van der Waals surface area (Å²) in [6, 6.07) is 0. The van der Waals surface area contributed by atoms with Gasteiger partial charge in [0.05, 0.1) is 13.1 Å². The van der Waals surface area contributed by atoms with Gasteiger partial charge in [-0.2, -0.15) is 0 Å². The van der Waals surface area contributed by atoms with E-state index < -0.39 is 0 Å². The molecular weight excluding hydrogens is 222 g/mol. The maximum Gasteiger partial charge on any atom is 0.0796 e. The Kier molecular flexibility index (Phi) is 9.59. The molecule has 1 aliphatic rings. The lowest BCUT2D eigenvalue weighted by Gasteiger charge is -2.29. The van der Waals surface area contributed by atoms with E-state index in [2.05, 4.69) is 6.92 Å². The summed E-state index contributed by atoms with van der Waals surface area (Å²) in [6.45, 7) is 3.99. The minimum absolute atomic E-state index is 0.537. The normalized spacial score (nSPS) is 19.0. The van der Waals surface area contributed by atoms with Crippen LogP contribution in [0.1, 0.15) is 84.0 Å². The highest BCUT2D eigenvalue weighted by Crippen LogP contribution is 2.22. The molecule has 0 bridgehead atoms. The van der Waals surface area contributed by atoms with Crippen molar-refractivity contribution in [3.8, 4) is 0 Å². The lowest BCUT2D eigenvalue weighted by atomic mass is 9.89. The Morgan fingerprint density at radius 1 is 0.889 bits per heavy atom. The van der Waals surface area contributed by atoms with Gasteiger partial charge in [0.1, 0.15) is 0 Å². The summed E-state index contributed by atoms with van der Waals surface area (Å²) in [6.07, 6.45) is 15.9. The number of quaternary nitrogens is 1. The summed E-state index contributed by atoms with van der Waals surface area (Å²) in [5.41, 5.74) is 0. The number of nitrogens with one attached hydrogen (secondary N) is 1. The van der Waals surface area contributed by atoms with Crippen molar-refractivity contribution >= 4 is 0 Å². The minimum atomic E-state index is 0.537. The summed E-state index contributed by atoms with van der Waals surface area (Å²) >= 11 is 0. The first-order valence-corrected chi connectivity index (χ1v) is 8.34. The van der Waals surface area contributed by atoms with Crippen LogP contribution in [0.25, 0.3) is 0 Å². The lowest BCUT2D eigenvalue weighted by molar-refractivity contribution is -0.852. The quantitative estimate of drug-likeness (QED) is 0.468. The van der Waals surface area contributed by atoms with Gasteiger partial charge in [0, 0.05) is 5.92 Å². The Morgan fingerprint density at radius 2 is 1.50 bits per heavy atom. The molecule has 1 saturated carbocycles. The summed E-state index contributed by atoms with van der Waals surface area (Å²) in [7, 11) is 0. The van der Waals surface area contributed by atoms with E-state index in [1.807, 2.05) is 0 Å². The molecule has 1 aliphatic carbocycles. The predicted molar refractivity (Wildman–Crippen MR) is 78.6 cm³/mol. The third-order valence-corrected chi connectivity index (χ3v) is 4.30. The standard InChI is InChI=1S/C16H33NO/c1-2-3-4-5-6-7-11-14-17(18)15-16-12-9-8-10-13-16/h16-17H,2-15H2,1H3. The van der Waals surface area contributed by atoms with Gasteiger partial charge in [-0.05, 0) is 25.7 Å². The highest BCUT2D eigenvalue weighted by molar-refractivity contribution is 4.64. The van der Waals surface area contributed by atoms with E-state index in [1.54, 1.807) is 0 Å². The molecule has 108 valence electrons. The van der Waals surface area contributed by atoms with Crippen molar-refractivity contribution in [3.63, 3.8) is 0 Å². The van der Waals surface area contributed by atoms with E-state index in [0.717, 1.165) is 25.4 Å². The fourth-order valence-electron chi connectivity index (χ4n) is 3.09. The first kappa shape index (κ1) is 16.0. The fourth-order valence-corrected chi connectivity index (χ4v) is 3.09. The Balaban J connectivity index is 1.88. The Bertz CT molecular complexity index is 178. The number of hydroxylamine groups is 2. The van der Waals surface area contributed by atoms with Gasteiger partial charge in [0.15, 0.2) is 0 Å². The van der Waals surface area contributed by atoms with Crippen LogP contribution in [0.4, 0.5) is 0 Å². The largest absolute Gasteiger partial charge is 0.634 e. The molecule has 1 unspecified atom stereocenters. The monoisotopic (exact) mass is 255 g/mol. The third kappa shape index (κ3) is 8.10. The molecule has 0 aromatic heterocycles. The molecule has 0 heterocycles. The molecule has 2 heteroatoms. The smallest absolute Gasteiger partial charge is 0.0796 e. The van der Waals surface area contributed by atoms with E-state index in [4.69, 9.17) is 0 Å². The number of rotatable bonds is 10. The van der Waals surface area contributed by atoms with Crippen LogP contribution in [0, 0.1) is 11.1 Å². The topological polar surface area (TPSA) is 27.5 Å². The zero-order chi connectivity index (χ0) is 13.1. The first-order valence-electron chi connectivity index (χ1n) is 8.34. The lowest BCUT2D eigenvalue weighted by Crippen LogP contribution is -3.08. The van der Waals surface area contributed by atoms with Crippen LogP contribution < -0.4 is 5.06 Å². The minimum Gasteiger partial charge on any atom is -0.634 e. The van der Waals surface area contributed by atoms with Gasteiger partial charge < -0.3 is 10.3 Å². The maximum absolute atomic E-state index is 11.8. The zero-order valence-corrected chi connectivity index (χ0v) is 12.4. The van der Waals surface area contributed by atoms with Gasteiger partial charge in [-0.25, -0.2) is 0 Å². The first-order chi connectivity index (χ1) is 8.83. The molecule has 0 amide bonds. The van der Waals surface area contributed by atoms with Crippen molar-refractivity contribution in [1.29, 1.82) is 0 Å². The van der Waals surface area contributed by atoms with Gasteiger partial charge in [-0.15, -0.1) is 0 Å². The summed E-state index contributed by atoms with van der Waals surface area (Å²) in [5.74, 6) is 0.732. The molecular formula is C16H33NO. The van der Waals surface area contributed by atoms with E-state index >= 15 is 0 Å². The van der Waals surface area contributed by atoms with Crippen molar-refractivity contribution in [1.82, 2.24) is 0 Å². The average molecular weight is 255 g/mol. The van der Waals surface area contributed by atoms with Crippen molar-refractivity contribution in [2.45, 2.75) is 84.0 Å². The fraction of sp³-hybridized carbons (Fsp3) is 1.00. The molecule has 0 saturated heterocycles. The molecule has 2 nitrogen and oxygen atoms in total. The van der Waals surface area contributed by atoms with Gasteiger partial charge in [-0.1, -0.05) is 58.3 Å². The van der Waals surface area contributed by atoms with Crippen LogP contribution in [-0.4, -0.2) is 13.1 Å². The third-order valence-electron chi connectivity index (χ3n) is 4.30. The van der Waals surface area contributed by atoms with Gasteiger partial charge in [-0.3, -0.25) is 0 Å². The van der Waals surface area contributed by atoms with Crippen molar-refractivity contribution in [3.05, 3.63) is 5.21 Å². The summed E-state index contributed by atoms with van der Waals surface area (Å²) in [4.78, 5) is 0. The van der Waals surface area contributed by atoms with Crippen LogP contribution >= 0.6 is 0 Å². The molecule has 1 N–H and O–H groups in total. The second-order valence-corrected chi connectivity index (χ2v) is 6.12. The van der Waals surface area contributed by atoms with Gasteiger partial charge >= 0.3 is 0 Å². The van der Waals surface area contributed by atoms with Crippen molar-refractivity contribution < 1.29 is 5.06 Å². The summed E-state index contributed by atoms with van der Waals surface area (Å²) < 4.78 is 0. The second kappa shape index (κ2) is 10.8. The van der Waals surface area contributed by atoms with Crippen molar-refractivity contribution in [2.75, 3.05) is 13.1 Å². The van der Waals surface area contributed by atoms with Gasteiger partial charge in [0.25, 0.3) is 0 Å². The highest BCUT2D eigenvalue weighted by Gasteiger charge is 2.15. The Labute approximate surface area is 114 Å². The second-order valence-electron chi connectivity index (χ2n) is 6.12. The number of hydrogen-bond donors (Lipinski definition) is 1. The summed E-state index contributed by atoms with van der Waals surface area (Å²) in [5, 5.41) is 12.4. The van der Waals surface area contributed by atoms with Crippen LogP contribution in [0.5, 0.6) is 0 Å². The molecule has 18 heavy (non-hydrogen) atoms. The molecule has 0 aromatic rings. The zero-order valence-electron chi connectivity index (χ0n) is 12.4. The van der Waals surface area contributed by atoms with E-state index in [9.17, 15) is 5.21 Å². The van der Waals surface area contributed by atoms with Gasteiger partial charge in [0.2, 0.25) is 0 Å². The van der Waals surface area contributed by atoms with E-state index in [-0.39, 0.29) is 0 Å². The Hall–Kier alpha value is -0.0800. The molecule has 0 aromatic carbocycles. The van der Waals surface area contributed by atoms with Crippen LogP contribution in [0.3, 0.4) is 0 Å². The number of hydrogen-bond acceptors (Lipinski definition) is 1. The molecule has 0 spiro atoms. The maximum atomic E-state index is 11.8. The predicted octanol–water partition coefficient (Wildman–Crippen LogP) is 3.70. The molecule has 1 fully saturated rings. The number of unbranched alkanes of at least 4 members (excludes halogenated alkanes) is 6. The molecule has 0 aliphatic heterocycles.